The van der Waals surface area contributed by atoms with Crippen molar-refractivity contribution in [2.24, 2.45) is 5.92 Å². The van der Waals surface area contributed by atoms with Gasteiger partial charge in [0.15, 0.2) is 0 Å². The molecule has 2 saturated carbocycles. The van der Waals surface area contributed by atoms with Gasteiger partial charge in [-0.05, 0) is 68.6 Å². The zero-order valence-corrected chi connectivity index (χ0v) is 17.3. The highest BCUT2D eigenvalue weighted by Gasteiger charge is 2.33. The SMILES string of the molecule is CC(N[C@H](C(=O)OC1CCCC1)C1CCCCC1)c1ccc(/C=C/C(=O)O)cc1. The molecule has 1 aromatic rings. The standard InChI is InChI=1S/C24H33NO4/c1-17(19-14-11-18(12-15-19)13-16-22(26)27)25-23(20-7-3-2-4-8-20)24(28)29-21-9-5-6-10-21/h11-17,20-21,23,25H,2-10H2,1H3,(H,26,27)/b16-13+/t17?,23-/m0/s1. The van der Waals surface area contributed by atoms with Crippen LogP contribution in [0.2, 0.25) is 0 Å². The molecule has 0 aliphatic heterocycles. The number of nitrogens with one attached hydrogen (secondary N) is 1. The lowest BCUT2D eigenvalue weighted by molar-refractivity contribution is -0.153. The van der Waals surface area contributed by atoms with E-state index in [4.69, 9.17) is 9.84 Å². The zero-order chi connectivity index (χ0) is 20.6. The fourth-order valence-electron chi connectivity index (χ4n) is 4.54. The van der Waals surface area contributed by atoms with Crippen LogP contribution in [0.4, 0.5) is 0 Å². The monoisotopic (exact) mass is 399 g/mol. The summed E-state index contributed by atoms with van der Waals surface area (Å²) in [6, 6.07) is 7.52. The van der Waals surface area contributed by atoms with Crippen LogP contribution in [0.1, 0.15) is 81.9 Å². The molecule has 0 saturated heterocycles. The van der Waals surface area contributed by atoms with E-state index in [1.165, 1.54) is 19.3 Å². The molecule has 158 valence electrons. The van der Waals surface area contributed by atoms with Crippen LogP contribution in [0.25, 0.3) is 6.08 Å². The van der Waals surface area contributed by atoms with Gasteiger partial charge in [-0.3, -0.25) is 10.1 Å². The van der Waals surface area contributed by atoms with Crippen molar-refractivity contribution >= 4 is 18.0 Å². The molecule has 0 heterocycles. The van der Waals surface area contributed by atoms with Crippen LogP contribution in [0.5, 0.6) is 0 Å². The molecule has 5 nitrogen and oxygen atoms in total. The Kier molecular flexibility index (Phi) is 7.87. The number of ether oxygens (including phenoxy) is 1. The third-order valence-electron chi connectivity index (χ3n) is 6.24. The molecule has 0 aromatic heterocycles. The van der Waals surface area contributed by atoms with Gasteiger partial charge in [0, 0.05) is 12.1 Å². The van der Waals surface area contributed by atoms with Crippen molar-refractivity contribution < 1.29 is 19.4 Å². The topological polar surface area (TPSA) is 75.6 Å². The largest absolute Gasteiger partial charge is 0.478 e. The number of esters is 1. The number of rotatable bonds is 8. The van der Waals surface area contributed by atoms with E-state index in [9.17, 15) is 9.59 Å². The minimum Gasteiger partial charge on any atom is -0.478 e. The molecule has 0 amide bonds. The quantitative estimate of drug-likeness (QED) is 0.482. The molecular formula is C24H33NO4. The summed E-state index contributed by atoms with van der Waals surface area (Å²) in [5.74, 6) is -0.713. The van der Waals surface area contributed by atoms with E-state index in [1.54, 1.807) is 6.08 Å². The highest BCUT2D eigenvalue weighted by atomic mass is 16.5. The Hall–Kier alpha value is -2.14. The fraction of sp³-hybridized carbons (Fsp3) is 0.583. The fourth-order valence-corrected chi connectivity index (χ4v) is 4.54. The Labute approximate surface area is 173 Å². The third-order valence-corrected chi connectivity index (χ3v) is 6.24. The van der Waals surface area contributed by atoms with E-state index >= 15 is 0 Å². The number of hydrogen-bond acceptors (Lipinski definition) is 4. The van der Waals surface area contributed by atoms with Crippen LogP contribution in [-0.2, 0) is 14.3 Å². The van der Waals surface area contributed by atoms with E-state index in [2.05, 4.69) is 12.2 Å². The lowest BCUT2D eigenvalue weighted by atomic mass is 9.83. The van der Waals surface area contributed by atoms with Crippen LogP contribution >= 0.6 is 0 Å². The molecule has 0 bridgehead atoms. The lowest BCUT2D eigenvalue weighted by Crippen LogP contribution is -2.46. The van der Waals surface area contributed by atoms with E-state index in [0.717, 1.165) is 55.7 Å². The number of aliphatic carboxylic acids is 1. The highest BCUT2D eigenvalue weighted by Crippen LogP contribution is 2.30. The summed E-state index contributed by atoms with van der Waals surface area (Å²) in [6.45, 7) is 2.07. The van der Waals surface area contributed by atoms with E-state index in [-0.39, 0.29) is 24.2 Å². The van der Waals surface area contributed by atoms with Crippen molar-refractivity contribution in [2.45, 2.75) is 82.9 Å². The summed E-state index contributed by atoms with van der Waals surface area (Å²) in [6.07, 6.45) is 12.8. The first kappa shape index (κ1) is 21.6. The van der Waals surface area contributed by atoms with Gasteiger partial charge in [0.1, 0.15) is 12.1 Å². The van der Waals surface area contributed by atoms with E-state index < -0.39 is 5.97 Å². The van der Waals surface area contributed by atoms with Gasteiger partial charge in [-0.2, -0.15) is 0 Å². The zero-order valence-electron chi connectivity index (χ0n) is 17.3. The maximum Gasteiger partial charge on any atom is 0.328 e. The van der Waals surface area contributed by atoms with Gasteiger partial charge in [0.05, 0.1) is 0 Å². The molecule has 2 N–H and O–H groups in total. The second kappa shape index (κ2) is 10.6. The molecule has 3 rings (SSSR count). The minimum absolute atomic E-state index is 0.00978. The molecule has 1 unspecified atom stereocenters. The Bertz CT molecular complexity index is 700. The van der Waals surface area contributed by atoms with Gasteiger partial charge in [0.25, 0.3) is 0 Å². The number of carboxylic acid groups (broad SMARTS) is 1. The maximum absolute atomic E-state index is 13.0. The molecule has 1 aromatic carbocycles. The number of carboxylic acids is 1. The summed E-state index contributed by atoms with van der Waals surface area (Å²) in [7, 11) is 0. The molecule has 0 radical (unpaired) electrons. The van der Waals surface area contributed by atoms with Crippen LogP contribution in [-0.4, -0.2) is 29.2 Å². The second-order valence-electron chi connectivity index (χ2n) is 8.45. The van der Waals surface area contributed by atoms with Crippen LogP contribution < -0.4 is 5.32 Å². The van der Waals surface area contributed by atoms with Gasteiger partial charge in [-0.25, -0.2) is 4.79 Å². The van der Waals surface area contributed by atoms with Gasteiger partial charge >= 0.3 is 11.9 Å². The van der Waals surface area contributed by atoms with Crippen molar-refractivity contribution in [3.8, 4) is 0 Å². The van der Waals surface area contributed by atoms with Gasteiger partial charge in [0.2, 0.25) is 0 Å². The Morgan fingerprint density at radius 2 is 1.66 bits per heavy atom. The number of carbonyl (C=O) groups excluding carboxylic acids is 1. The predicted octanol–water partition coefficient (Wildman–Crippen LogP) is 4.87. The van der Waals surface area contributed by atoms with E-state index in [0.29, 0.717) is 5.92 Å². The molecular weight excluding hydrogens is 366 g/mol. The average Bonchev–Trinajstić information content (AvgIpc) is 3.24. The molecule has 2 atom stereocenters. The summed E-state index contributed by atoms with van der Waals surface area (Å²) < 4.78 is 5.87. The van der Waals surface area contributed by atoms with Gasteiger partial charge < -0.3 is 9.84 Å². The predicted molar refractivity (Wildman–Crippen MR) is 113 cm³/mol. The van der Waals surface area contributed by atoms with Crippen molar-refractivity contribution in [3.05, 3.63) is 41.5 Å². The minimum atomic E-state index is -0.958. The second-order valence-corrected chi connectivity index (χ2v) is 8.45. The van der Waals surface area contributed by atoms with Gasteiger partial charge in [-0.1, -0.05) is 43.5 Å². The lowest BCUT2D eigenvalue weighted by Gasteiger charge is -2.32. The Morgan fingerprint density at radius 1 is 1.03 bits per heavy atom. The molecule has 2 aliphatic carbocycles. The number of hydrogen-bond donors (Lipinski definition) is 2. The molecule has 5 heteroatoms. The van der Waals surface area contributed by atoms with Crippen LogP contribution in [0.15, 0.2) is 30.3 Å². The molecule has 2 fully saturated rings. The third kappa shape index (κ3) is 6.43. The first-order valence-corrected chi connectivity index (χ1v) is 11.0. The number of carbonyl (C=O) groups is 2. The van der Waals surface area contributed by atoms with Gasteiger partial charge in [-0.15, -0.1) is 0 Å². The Balaban J connectivity index is 1.66. The number of benzene rings is 1. The Morgan fingerprint density at radius 3 is 2.28 bits per heavy atom. The average molecular weight is 400 g/mol. The summed E-state index contributed by atoms with van der Waals surface area (Å²) in [4.78, 5) is 23.7. The summed E-state index contributed by atoms with van der Waals surface area (Å²) in [5, 5.41) is 12.3. The van der Waals surface area contributed by atoms with Crippen molar-refractivity contribution in [1.82, 2.24) is 5.32 Å². The van der Waals surface area contributed by atoms with E-state index in [1.807, 2.05) is 24.3 Å². The summed E-state index contributed by atoms with van der Waals surface area (Å²) in [5.41, 5.74) is 1.92. The maximum atomic E-state index is 13.0. The normalized spacial score (nSPS) is 20.6. The van der Waals surface area contributed by atoms with Crippen LogP contribution in [0.3, 0.4) is 0 Å². The first-order valence-electron chi connectivity index (χ1n) is 11.0. The molecule has 0 spiro atoms. The van der Waals surface area contributed by atoms with Crippen LogP contribution in [0, 0.1) is 5.92 Å². The smallest absolute Gasteiger partial charge is 0.328 e. The van der Waals surface area contributed by atoms with Crippen molar-refractivity contribution in [2.75, 3.05) is 0 Å². The molecule has 29 heavy (non-hydrogen) atoms. The summed E-state index contributed by atoms with van der Waals surface area (Å²) >= 11 is 0. The van der Waals surface area contributed by atoms with Crippen molar-refractivity contribution in [3.63, 3.8) is 0 Å². The molecule has 2 aliphatic rings. The highest BCUT2D eigenvalue weighted by molar-refractivity contribution is 5.85. The van der Waals surface area contributed by atoms with Crippen molar-refractivity contribution in [1.29, 1.82) is 0 Å². The first-order chi connectivity index (χ1) is 14.0.